The highest BCUT2D eigenvalue weighted by Crippen LogP contribution is 2.48. The number of aliphatic hydroxyl groups is 2. The fraction of sp³-hybridized carbons (Fsp3) is 0.286. The van der Waals surface area contributed by atoms with Crippen molar-refractivity contribution in [1.29, 1.82) is 5.26 Å². The van der Waals surface area contributed by atoms with Gasteiger partial charge >= 0.3 is 13.7 Å². The second kappa shape index (κ2) is 12.5. The van der Waals surface area contributed by atoms with Gasteiger partial charge in [-0.15, -0.1) is 0 Å². The number of aromatic nitrogens is 3. The number of nitrogen functional groups attached to an aromatic ring is 1. The first-order chi connectivity index (χ1) is 20.6. The van der Waals surface area contributed by atoms with Gasteiger partial charge < -0.3 is 29.9 Å². The van der Waals surface area contributed by atoms with E-state index >= 15 is 0 Å². The lowest BCUT2D eigenvalue weighted by atomic mass is 9.96. The second-order valence-corrected chi connectivity index (χ2v) is 11.5. The average molecular weight is 609 g/mol. The monoisotopic (exact) mass is 608 g/mol. The molecule has 1 fully saturated rings. The van der Waals surface area contributed by atoms with Crippen molar-refractivity contribution in [3.63, 3.8) is 0 Å². The van der Waals surface area contributed by atoms with E-state index in [0.29, 0.717) is 5.52 Å². The number of anilines is 1. The Labute approximate surface area is 246 Å². The first kappa shape index (κ1) is 30.1. The van der Waals surface area contributed by atoms with Crippen molar-refractivity contribution in [2.75, 3.05) is 12.3 Å². The van der Waals surface area contributed by atoms with Gasteiger partial charge in [-0.05, 0) is 36.8 Å². The van der Waals surface area contributed by atoms with Crippen molar-refractivity contribution in [3.8, 4) is 11.8 Å². The van der Waals surface area contributed by atoms with Gasteiger partial charge in [0.05, 0.1) is 5.69 Å². The quantitative estimate of drug-likeness (QED) is 0.143. The predicted molar refractivity (Wildman–Crippen MR) is 151 cm³/mol. The summed E-state index contributed by atoms with van der Waals surface area (Å²) in [4.78, 5) is 16.7. The number of rotatable bonds is 11. The third-order valence-electron chi connectivity index (χ3n) is 6.79. The summed E-state index contributed by atoms with van der Waals surface area (Å²) >= 11 is 0. The largest absolute Gasteiger partial charge is 0.460 e. The first-order valence-corrected chi connectivity index (χ1v) is 14.7. The van der Waals surface area contributed by atoms with Crippen LogP contribution in [0.2, 0.25) is 0 Å². The molecule has 1 aliphatic rings. The number of nitrogens with zero attached hydrogens (tertiary/aromatic N) is 4. The molecular formula is C28H29N6O8P. The number of benzene rings is 2. The highest BCUT2D eigenvalue weighted by atomic mass is 31.2. The first-order valence-electron chi connectivity index (χ1n) is 13.2. The summed E-state index contributed by atoms with van der Waals surface area (Å²) in [6.45, 7) is 0.573. The lowest BCUT2D eigenvalue weighted by Crippen LogP contribution is -2.46. The molecule has 5 rings (SSSR count). The Hall–Kier alpha value is -4.35. The molecule has 0 bridgehead atoms. The SMILES string of the molecule is C[C@H](NP(=O)(OC[C@@]1(C#N)O[C@@H](c2ccc3c(N)ncnn23)[C@H](O)[C@@H]1O)Oc1ccccc1)C(=O)OCc1ccccc1. The molecule has 15 heteroatoms. The fourth-order valence-electron chi connectivity index (χ4n) is 4.51. The highest BCUT2D eigenvalue weighted by Gasteiger charge is 2.57. The van der Waals surface area contributed by atoms with E-state index in [9.17, 15) is 24.8 Å². The molecule has 1 unspecified atom stereocenters. The van der Waals surface area contributed by atoms with Gasteiger partial charge in [0, 0.05) is 0 Å². The molecule has 2 aromatic carbocycles. The molecule has 1 saturated heterocycles. The number of para-hydroxylation sites is 1. The summed E-state index contributed by atoms with van der Waals surface area (Å²) in [6.07, 6.45) is -3.44. The van der Waals surface area contributed by atoms with Crippen LogP contribution in [0.4, 0.5) is 5.82 Å². The molecule has 5 N–H and O–H groups in total. The van der Waals surface area contributed by atoms with Crippen LogP contribution in [-0.2, 0) is 30.0 Å². The number of nitriles is 1. The lowest BCUT2D eigenvalue weighted by Gasteiger charge is -2.28. The van der Waals surface area contributed by atoms with E-state index in [4.69, 9.17) is 24.3 Å². The minimum absolute atomic E-state index is 0.0156. The second-order valence-electron chi connectivity index (χ2n) is 9.80. The van der Waals surface area contributed by atoms with Gasteiger partial charge in [-0.25, -0.2) is 14.1 Å². The minimum atomic E-state index is -4.44. The highest BCUT2D eigenvalue weighted by molar-refractivity contribution is 7.52. The third-order valence-corrected chi connectivity index (χ3v) is 8.41. The van der Waals surface area contributed by atoms with Crippen LogP contribution in [0.5, 0.6) is 5.75 Å². The lowest BCUT2D eigenvalue weighted by molar-refractivity contribution is -0.146. The van der Waals surface area contributed by atoms with E-state index in [2.05, 4.69) is 15.2 Å². The zero-order valence-electron chi connectivity index (χ0n) is 22.9. The number of esters is 1. The van der Waals surface area contributed by atoms with Crippen molar-refractivity contribution in [2.24, 2.45) is 0 Å². The Balaban J connectivity index is 1.35. The summed E-state index contributed by atoms with van der Waals surface area (Å²) in [5, 5.41) is 38.6. The molecule has 224 valence electrons. The van der Waals surface area contributed by atoms with Gasteiger partial charge in [-0.1, -0.05) is 48.5 Å². The van der Waals surface area contributed by atoms with Crippen LogP contribution >= 0.6 is 7.75 Å². The Morgan fingerprint density at radius 1 is 1.19 bits per heavy atom. The molecule has 14 nitrogen and oxygen atoms in total. The number of aliphatic hydroxyl groups excluding tert-OH is 2. The molecule has 4 aromatic rings. The van der Waals surface area contributed by atoms with Crippen LogP contribution in [-0.4, -0.2) is 61.2 Å². The number of nitrogens with two attached hydrogens (primary N) is 1. The Morgan fingerprint density at radius 2 is 1.88 bits per heavy atom. The van der Waals surface area contributed by atoms with E-state index in [1.165, 1.54) is 29.9 Å². The van der Waals surface area contributed by atoms with Crippen LogP contribution in [0.25, 0.3) is 5.52 Å². The number of ether oxygens (including phenoxy) is 2. The number of fused-ring (bicyclic) bond motifs is 1. The summed E-state index contributed by atoms with van der Waals surface area (Å²) < 4.78 is 37.8. The number of hydrogen-bond acceptors (Lipinski definition) is 12. The van der Waals surface area contributed by atoms with Crippen molar-refractivity contribution in [3.05, 3.63) is 90.4 Å². The van der Waals surface area contributed by atoms with Crippen molar-refractivity contribution >= 4 is 25.1 Å². The van der Waals surface area contributed by atoms with Gasteiger partial charge in [0.15, 0.2) is 5.82 Å². The van der Waals surface area contributed by atoms with Crippen LogP contribution in [0.3, 0.4) is 0 Å². The Bertz CT molecular complexity index is 1670. The van der Waals surface area contributed by atoms with E-state index in [1.807, 2.05) is 12.1 Å². The molecule has 2 aromatic heterocycles. The molecule has 0 aliphatic carbocycles. The van der Waals surface area contributed by atoms with Crippen molar-refractivity contribution in [2.45, 2.75) is 43.5 Å². The maximum absolute atomic E-state index is 14.0. The van der Waals surface area contributed by atoms with Crippen LogP contribution in [0, 0.1) is 11.3 Å². The van der Waals surface area contributed by atoms with E-state index in [1.54, 1.807) is 54.6 Å². The van der Waals surface area contributed by atoms with Crippen molar-refractivity contribution in [1.82, 2.24) is 19.7 Å². The van der Waals surface area contributed by atoms with Crippen molar-refractivity contribution < 1.29 is 38.1 Å². The molecule has 0 radical (unpaired) electrons. The molecular weight excluding hydrogens is 579 g/mol. The average Bonchev–Trinajstić information content (AvgIpc) is 3.55. The zero-order chi connectivity index (χ0) is 30.6. The third kappa shape index (κ3) is 6.37. The van der Waals surface area contributed by atoms with Gasteiger partial charge in [-0.2, -0.15) is 15.4 Å². The smallest absolute Gasteiger partial charge is 0.459 e. The molecule has 3 heterocycles. The van der Waals surface area contributed by atoms with Gasteiger partial charge in [0.25, 0.3) is 0 Å². The summed E-state index contributed by atoms with van der Waals surface area (Å²) in [5.74, 6) is -0.434. The predicted octanol–water partition coefficient (Wildman–Crippen LogP) is 2.29. The Kier molecular flexibility index (Phi) is 8.74. The van der Waals surface area contributed by atoms with E-state index < -0.39 is 50.3 Å². The molecule has 6 atom stereocenters. The zero-order valence-corrected chi connectivity index (χ0v) is 23.8. The summed E-state index contributed by atoms with van der Waals surface area (Å²) in [7, 11) is -4.44. The summed E-state index contributed by atoms with van der Waals surface area (Å²) in [5.41, 5.74) is 5.16. The van der Waals surface area contributed by atoms with Gasteiger partial charge in [0.1, 0.15) is 61.2 Å². The van der Waals surface area contributed by atoms with Crippen LogP contribution in [0.15, 0.2) is 79.1 Å². The maximum Gasteiger partial charge on any atom is 0.459 e. The molecule has 1 aliphatic heterocycles. The topological polar surface area (TPSA) is 204 Å². The maximum atomic E-state index is 14.0. The van der Waals surface area contributed by atoms with Gasteiger partial charge in [0.2, 0.25) is 5.60 Å². The normalized spacial score (nSPS) is 23.7. The van der Waals surface area contributed by atoms with Crippen LogP contribution < -0.4 is 15.3 Å². The molecule has 43 heavy (non-hydrogen) atoms. The number of nitrogens with one attached hydrogen (secondary N) is 1. The van der Waals surface area contributed by atoms with E-state index in [-0.39, 0.29) is 23.9 Å². The molecule has 0 saturated carbocycles. The van der Waals surface area contributed by atoms with Crippen LogP contribution in [0.1, 0.15) is 24.3 Å². The number of hydrogen-bond donors (Lipinski definition) is 4. The van der Waals surface area contributed by atoms with Gasteiger partial charge in [-0.3, -0.25) is 9.32 Å². The van der Waals surface area contributed by atoms with E-state index in [0.717, 1.165) is 5.56 Å². The standard InChI is InChI=1S/C28H29N6O8P/c1-18(27(37)39-14-19-8-4-2-5-9-19)33-43(38,42-20-10-6-3-7-11-20)40-16-28(15-29)25(36)23(35)24(41-28)21-12-13-22-26(30)31-17-32-34(21)22/h2-13,17-18,23-25,35-36H,14,16H2,1H3,(H,33,38)(H2,30,31,32)/t18-,23-,24-,25-,28+,43?/m0/s1. The molecule has 0 amide bonds. The summed E-state index contributed by atoms with van der Waals surface area (Å²) in [6, 6.07) is 20.8. The number of carbonyl (C=O) groups excluding carboxylic acids is 1. The minimum Gasteiger partial charge on any atom is -0.460 e. The molecule has 0 spiro atoms. The Morgan fingerprint density at radius 3 is 2.58 bits per heavy atom. The number of carbonyl (C=O) groups is 1. The fourth-order valence-corrected chi connectivity index (χ4v) is 6.03.